The quantitative estimate of drug-likeness (QED) is 0.857. The van der Waals surface area contributed by atoms with Crippen LogP contribution in [0.15, 0.2) is 30.3 Å². The fraction of sp³-hybridized carbons (Fsp3) is 0.500. The Hall–Kier alpha value is -1.07. The summed E-state index contributed by atoms with van der Waals surface area (Å²) in [6.07, 6.45) is -4.37. The lowest BCUT2D eigenvalue weighted by Gasteiger charge is -2.33. The van der Waals surface area contributed by atoms with E-state index in [-0.39, 0.29) is 6.61 Å². The predicted molar refractivity (Wildman–Crippen MR) is 59.5 cm³/mol. The van der Waals surface area contributed by atoms with Gasteiger partial charge >= 0.3 is 6.18 Å². The molecule has 0 heterocycles. The number of halogens is 3. The minimum Gasteiger partial charge on any atom is -0.394 e. The van der Waals surface area contributed by atoms with E-state index in [1.165, 1.54) is 0 Å². The lowest BCUT2D eigenvalue weighted by Crippen LogP contribution is -2.53. The lowest BCUT2D eigenvalue weighted by molar-refractivity contribution is -0.189. The van der Waals surface area contributed by atoms with Crippen molar-refractivity contribution in [1.82, 2.24) is 5.32 Å². The molecule has 1 aromatic rings. The summed E-state index contributed by atoms with van der Waals surface area (Å²) in [5, 5.41) is 11.6. The van der Waals surface area contributed by atoms with Crippen molar-refractivity contribution in [2.45, 2.75) is 31.6 Å². The zero-order chi connectivity index (χ0) is 13.1. The number of rotatable bonds is 4. The molecule has 2 N–H and O–H groups in total. The third-order valence-corrected chi connectivity index (χ3v) is 2.63. The maximum atomic E-state index is 12.7. The van der Waals surface area contributed by atoms with Crippen molar-refractivity contribution in [1.29, 1.82) is 0 Å². The summed E-state index contributed by atoms with van der Waals surface area (Å²) in [5.74, 6) is 0. The molecule has 0 aliphatic rings. The molecule has 2 nitrogen and oxygen atoms in total. The third-order valence-electron chi connectivity index (χ3n) is 2.63. The number of benzene rings is 1. The molecule has 0 aromatic heterocycles. The van der Waals surface area contributed by atoms with Crippen molar-refractivity contribution < 1.29 is 18.3 Å². The Morgan fingerprint density at radius 1 is 1.18 bits per heavy atom. The van der Waals surface area contributed by atoms with Crippen molar-refractivity contribution in [3.63, 3.8) is 0 Å². The van der Waals surface area contributed by atoms with Crippen LogP contribution in [0.1, 0.15) is 25.5 Å². The summed E-state index contributed by atoms with van der Waals surface area (Å²) in [5.41, 5.74) is -1.41. The fourth-order valence-electron chi connectivity index (χ4n) is 1.44. The summed E-state index contributed by atoms with van der Waals surface area (Å²) >= 11 is 0. The Morgan fingerprint density at radius 2 is 1.71 bits per heavy atom. The molecule has 1 rings (SSSR count). The van der Waals surface area contributed by atoms with Crippen molar-refractivity contribution in [3.8, 4) is 0 Å². The standard InChI is InChI=1S/C12H16F3NO/c1-11(2,12(13,14)15)16-10(8-17)9-6-4-3-5-7-9/h3-7,10,16-17H,8H2,1-2H3. The van der Waals surface area contributed by atoms with E-state index in [2.05, 4.69) is 5.32 Å². The highest BCUT2D eigenvalue weighted by Gasteiger charge is 2.48. The molecule has 1 aromatic carbocycles. The Balaban J connectivity index is 2.85. The van der Waals surface area contributed by atoms with Gasteiger partial charge in [0.25, 0.3) is 0 Å². The molecule has 0 aliphatic carbocycles. The van der Waals surface area contributed by atoms with Crippen LogP contribution in [-0.4, -0.2) is 23.4 Å². The molecule has 1 atom stereocenters. The Morgan fingerprint density at radius 3 is 2.12 bits per heavy atom. The largest absolute Gasteiger partial charge is 0.406 e. The molecule has 0 fully saturated rings. The van der Waals surface area contributed by atoms with Gasteiger partial charge < -0.3 is 5.11 Å². The van der Waals surface area contributed by atoms with Gasteiger partial charge in [-0.15, -0.1) is 0 Å². The number of aliphatic hydroxyl groups is 1. The molecule has 17 heavy (non-hydrogen) atoms. The van der Waals surface area contributed by atoms with Crippen LogP contribution >= 0.6 is 0 Å². The molecule has 96 valence electrons. The number of nitrogens with one attached hydrogen (secondary N) is 1. The molecule has 0 aliphatic heterocycles. The van der Waals surface area contributed by atoms with E-state index in [4.69, 9.17) is 0 Å². The SMILES string of the molecule is CC(C)(NC(CO)c1ccccc1)C(F)(F)F. The van der Waals surface area contributed by atoms with Gasteiger partial charge in [0.05, 0.1) is 12.6 Å². The minimum atomic E-state index is -4.37. The number of hydrogen-bond acceptors (Lipinski definition) is 2. The van der Waals surface area contributed by atoms with Gasteiger partial charge in [0.2, 0.25) is 0 Å². The van der Waals surface area contributed by atoms with Crippen molar-refractivity contribution in [2.75, 3.05) is 6.61 Å². The lowest BCUT2D eigenvalue weighted by atomic mass is 10.00. The molecule has 0 saturated carbocycles. The fourth-order valence-corrected chi connectivity index (χ4v) is 1.44. The molecule has 0 radical (unpaired) electrons. The smallest absolute Gasteiger partial charge is 0.394 e. The highest BCUT2D eigenvalue weighted by atomic mass is 19.4. The zero-order valence-corrected chi connectivity index (χ0v) is 9.75. The maximum Gasteiger partial charge on any atom is 0.406 e. The molecule has 0 saturated heterocycles. The Kier molecular flexibility index (Phi) is 4.16. The minimum absolute atomic E-state index is 0.385. The van der Waals surface area contributed by atoms with Crippen molar-refractivity contribution in [3.05, 3.63) is 35.9 Å². The number of alkyl halides is 3. The second-order valence-electron chi connectivity index (χ2n) is 4.41. The third kappa shape index (κ3) is 3.44. The van der Waals surface area contributed by atoms with Crippen molar-refractivity contribution in [2.24, 2.45) is 0 Å². The number of hydrogen-bond donors (Lipinski definition) is 2. The maximum absolute atomic E-state index is 12.7. The Bertz CT molecular complexity index is 349. The highest BCUT2D eigenvalue weighted by Crippen LogP contribution is 2.31. The zero-order valence-electron chi connectivity index (χ0n) is 9.75. The Labute approximate surface area is 98.5 Å². The van der Waals surface area contributed by atoms with Crippen LogP contribution in [0.4, 0.5) is 13.2 Å². The monoisotopic (exact) mass is 247 g/mol. The van der Waals surface area contributed by atoms with E-state index >= 15 is 0 Å². The second kappa shape index (κ2) is 5.06. The van der Waals surface area contributed by atoms with Crippen LogP contribution < -0.4 is 5.32 Å². The summed E-state index contributed by atoms with van der Waals surface area (Å²) < 4.78 is 38.1. The van der Waals surface area contributed by atoms with Gasteiger partial charge in [0.15, 0.2) is 0 Å². The molecular weight excluding hydrogens is 231 g/mol. The summed E-state index contributed by atoms with van der Waals surface area (Å²) in [7, 11) is 0. The summed E-state index contributed by atoms with van der Waals surface area (Å²) in [6, 6.07) is 7.85. The van der Waals surface area contributed by atoms with Gasteiger partial charge in [-0.1, -0.05) is 30.3 Å². The van der Waals surface area contributed by atoms with Crippen LogP contribution in [0.3, 0.4) is 0 Å². The summed E-state index contributed by atoms with van der Waals surface area (Å²) in [6.45, 7) is 1.72. The topological polar surface area (TPSA) is 32.3 Å². The van der Waals surface area contributed by atoms with Crippen LogP contribution in [0.2, 0.25) is 0 Å². The van der Waals surface area contributed by atoms with Crippen LogP contribution in [0.25, 0.3) is 0 Å². The molecule has 0 spiro atoms. The normalized spacial score (nSPS) is 14.7. The van der Waals surface area contributed by atoms with E-state index in [9.17, 15) is 18.3 Å². The molecule has 0 amide bonds. The van der Waals surface area contributed by atoms with E-state index < -0.39 is 17.8 Å². The molecule has 0 bridgehead atoms. The highest BCUT2D eigenvalue weighted by molar-refractivity contribution is 5.19. The first-order chi connectivity index (χ1) is 7.78. The first-order valence-corrected chi connectivity index (χ1v) is 5.28. The van der Waals surface area contributed by atoms with Gasteiger partial charge in [-0.2, -0.15) is 13.2 Å². The predicted octanol–water partition coefficient (Wildman–Crippen LogP) is 2.65. The van der Waals surface area contributed by atoms with E-state index in [0.717, 1.165) is 13.8 Å². The second-order valence-corrected chi connectivity index (χ2v) is 4.41. The average Bonchev–Trinajstić information content (AvgIpc) is 2.25. The van der Waals surface area contributed by atoms with E-state index in [1.807, 2.05) is 0 Å². The van der Waals surface area contributed by atoms with Crippen LogP contribution in [0.5, 0.6) is 0 Å². The van der Waals surface area contributed by atoms with Gasteiger partial charge in [-0.25, -0.2) is 0 Å². The average molecular weight is 247 g/mol. The van der Waals surface area contributed by atoms with Gasteiger partial charge in [0.1, 0.15) is 5.54 Å². The summed E-state index contributed by atoms with van der Waals surface area (Å²) in [4.78, 5) is 0. The number of aliphatic hydroxyl groups excluding tert-OH is 1. The van der Waals surface area contributed by atoms with Gasteiger partial charge in [0, 0.05) is 0 Å². The van der Waals surface area contributed by atoms with Crippen LogP contribution in [0, 0.1) is 0 Å². The molecule has 5 heteroatoms. The van der Waals surface area contributed by atoms with E-state index in [1.54, 1.807) is 30.3 Å². The van der Waals surface area contributed by atoms with E-state index in [0.29, 0.717) is 5.56 Å². The van der Waals surface area contributed by atoms with Crippen molar-refractivity contribution >= 4 is 0 Å². The molecular formula is C12H16F3NO. The van der Waals surface area contributed by atoms with Gasteiger partial charge in [-0.3, -0.25) is 5.32 Å². The first kappa shape index (κ1) is 14.0. The van der Waals surface area contributed by atoms with Gasteiger partial charge in [-0.05, 0) is 19.4 Å². The van der Waals surface area contributed by atoms with Crippen LogP contribution in [-0.2, 0) is 0 Å². The first-order valence-electron chi connectivity index (χ1n) is 5.28. The molecule has 1 unspecified atom stereocenters.